The summed E-state index contributed by atoms with van der Waals surface area (Å²) < 4.78 is 0. The molecule has 164 valence electrons. The van der Waals surface area contributed by atoms with Crippen LogP contribution in [0.3, 0.4) is 0 Å². The molecule has 0 fully saturated rings. The maximum atomic E-state index is 13.3. The van der Waals surface area contributed by atoms with Crippen LogP contribution in [0, 0.1) is 6.92 Å². The minimum atomic E-state index is -0.164. The van der Waals surface area contributed by atoms with E-state index in [1.165, 1.54) is 0 Å². The summed E-state index contributed by atoms with van der Waals surface area (Å²) in [6, 6.07) is 19.4. The van der Waals surface area contributed by atoms with Crippen LogP contribution in [0.4, 0.5) is 5.69 Å². The fourth-order valence-corrected chi connectivity index (χ4v) is 4.04. The summed E-state index contributed by atoms with van der Waals surface area (Å²) in [6.07, 6.45) is 6.74. The number of halogens is 1. The minimum absolute atomic E-state index is 0.164. The summed E-state index contributed by atoms with van der Waals surface area (Å²) in [5, 5.41) is 3.74. The maximum Gasteiger partial charge on any atom is 0.256 e. The van der Waals surface area contributed by atoms with Crippen LogP contribution < -0.4 is 5.32 Å². The van der Waals surface area contributed by atoms with Crippen LogP contribution >= 0.6 is 23.4 Å². The molecule has 0 heterocycles. The molecule has 0 unspecified atom stereocenters. The zero-order valence-corrected chi connectivity index (χ0v) is 20.3. The maximum absolute atomic E-state index is 13.3. The summed E-state index contributed by atoms with van der Waals surface area (Å²) >= 11 is 8.02. The van der Waals surface area contributed by atoms with Crippen molar-refractivity contribution in [2.75, 3.05) is 11.6 Å². The molecule has 3 aromatic rings. The Bertz CT molecular complexity index is 1180. The first-order chi connectivity index (χ1) is 15.5. The molecule has 0 radical (unpaired) electrons. The van der Waals surface area contributed by atoms with Crippen LogP contribution in [-0.4, -0.2) is 18.4 Å². The number of nitrogens with one attached hydrogen (secondary N) is 1. The van der Waals surface area contributed by atoms with E-state index in [-0.39, 0.29) is 5.91 Å². The van der Waals surface area contributed by atoms with Gasteiger partial charge in [0, 0.05) is 32.9 Å². The van der Waals surface area contributed by atoms with Gasteiger partial charge in [-0.25, -0.2) is 0 Å². The summed E-state index contributed by atoms with van der Waals surface area (Å²) in [6.45, 7) is 5.99. The van der Waals surface area contributed by atoms with E-state index in [2.05, 4.69) is 17.2 Å². The molecular formula is C27H27ClN2OS. The normalized spacial score (nSPS) is 11.7. The van der Waals surface area contributed by atoms with E-state index in [1.807, 2.05) is 93.1 Å². The Kier molecular flexibility index (Phi) is 8.32. The van der Waals surface area contributed by atoms with Crippen LogP contribution in [0.2, 0.25) is 5.02 Å². The van der Waals surface area contributed by atoms with Gasteiger partial charge in [-0.2, -0.15) is 0 Å². The second kappa shape index (κ2) is 11.2. The third-order valence-electron chi connectivity index (χ3n) is 5.13. The largest absolute Gasteiger partial charge is 0.322 e. The number of hydrogen-bond acceptors (Lipinski definition) is 3. The molecule has 5 heteroatoms. The Balaban J connectivity index is 1.98. The lowest BCUT2D eigenvalue weighted by atomic mass is 9.95. The molecule has 0 saturated heterocycles. The van der Waals surface area contributed by atoms with Crippen molar-refractivity contribution >= 4 is 46.9 Å². The van der Waals surface area contributed by atoms with E-state index in [9.17, 15) is 4.79 Å². The fraction of sp³-hybridized carbons (Fsp3) is 0.185. The van der Waals surface area contributed by atoms with E-state index in [4.69, 9.17) is 11.6 Å². The van der Waals surface area contributed by atoms with Gasteiger partial charge in [0.05, 0.1) is 5.70 Å². The highest BCUT2D eigenvalue weighted by Gasteiger charge is 2.16. The van der Waals surface area contributed by atoms with Crippen molar-refractivity contribution < 1.29 is 4.79 Å². The number of nitrogens with zero attached hydrogens (tertiary/aromatic N) is 1. The van der Waals surface area contributed by atoms with Gasteiger partial charge in [-0.1, -0.05) is 48.9 Å². The lowest BCUT2D eigenvalue weighted by molar-refractivity contribution is 0.102. The summed E-state index contributed by atoms with van der Waals surface area (Å²) in [7, 11) is 0. The number of anilines is 1. The third kappa shape index (κ3) is 5.50. The van der Waals surface area contributed by atoms with Crippen LogP contribution in [0.1, 0.15) is 41.8 Å². The van der Waals surface area contributed by atoms with E-state index < -0.39 is 0 Å². The first kappa shape index (κ1) is 23.8. The van der Waals surface area contributed by atoms with E-state index >= 15 is 0 Å². The summed E-state index contributed by atoms with van der Waals surface area (Å²) in [5.41, 5.74) is 5.94. The highest BCUT2D eigenvalue weighted by atomic mass is 35.5. The van der Waals surface area contributed by atoms with Gasteiger partial charge in [0.15, 0.2) is 0 Å². The van der Waals surface area contributed by atoms with Crippen LogP contribution in [0.25, 0.3) is 16.8 Å². The molecule has 1 N–H and O–H groups in total. The minimum Gasteiger partial charge on any atom is -0.322 e. The number of thioether (sulfide) groups is 1. The number of allylic oxidation sites excluding steroid dienone is 1. The van der Waals surface area contributed by atoms with Crippen molar-refractivity contribution in [3.63, 3.8) is 0 Å². The second-order valence-corrected chi connectivity index (χ2v) is 8.54. The van der Waals surface area contributed by atoms with Crippen LogP contribution in [0.5, 0.6) is 0 Å². The first-order valence-electron chi connectivity index (χ1n) is 10.5. The number of aliphatic imine (C=N–C) groups is 1. The number of carbonyl (C=O) groups is 1. The molecule has 3 aromatic carbocycles. The molecule has 0 saturated carbocycles. The molecule has 1 amide bonds. The van der Waals surface area contributed by atoms with Crippen molar-refractivity contribution in [3.05, 3.63) is 88.5 Å². The van der Waals surface area contributed by atoms with E-state index in [0.29, 0.717) is 10.6 Å². The highest BCUT2D eigenvalue weighted by Crippen LogP contribution is 2.34. The lowest BCUT2D eigenvalue weighted by Gasteiger charge is -2.15. The Morgan fingerprint density at radius 3 is 2.59 bits per heavy atom. The second-order valence-electron chi connectivity index (χ2n) is 7.25. The van der Waals surface area contributed by atoms with Crippen LogP contribution in [-0.2, 0) is 0 Å². The molecule has 3 nitrogen and oxygen atoms in total. The zero-order chi connectivity index (χ0) is 23.1. The quantitative estimate of drug-likeness (QED) is 0.284. The number of rotatable bonds is 7. The van der Waals surface area contributed by atoms with Gasteiger partial charge < -0.3 is 5.32 Å². The highest BCUT2D eigenvalue weighted by molar-refractivity contribution is 7.98. The number of amides is 1. The van der Waals surface area contributed by atoms with Gasteiger partial charge in [0.1, 0.15) is 0 Å². The average Bonchev–Trinajstić information content (AvgIpc) is 2.81. The standard InChI is InChI=1S/C27H27ClN2OS/c1-5-15-29-26(6-2)19-9-7-10-20(16-19)30-27(31)23-14-13-21(32-4)17-24(23)22-11-8-12-25(28)18(22)3/h6-17H,5H2,1-4H3,(H,30,31). The Labute approximate surface area is 199 Å². The molecule has 32 heavy (non-hydrogen) atoms. The van der Waals surface area contributed by atoms with Gasteiger partial charge in [-0.15, -0.1) is 11.8 Å². The van der Waals surface area contributed by atoms with Crippen molar-refractivity contribution in [3.8, 4) is 11.1 Å². The van der Waals surface area contributed by atoms with E-state index in [1.54, 1.807) is 11.8 Å². The molecule has 0 aliphatic rings. The van der Waals surface area contributed by atoms with Gasteiger partial charge >= 0.3 is 0 Å². The molecule has 0 spiro atoms. The Morgan fingerprint density at radius 2 is 1.88 bits per heavy atom. The van der Waals surface area contributed by atoms with Gasteiger partial charge in [-0.05, 0) is 79.6 Å². The first-order valence-corrected chi connectivity index (χ1v) is 12.1. The number of carbonyl (C=O) groups excluding carboxylic acids is 1. The van der Waals surface area contributed by atoms with Crippen molar-refractivity contribution in [2.24, 2.45) is 4.99 Å². The molecule has 0 bridgehead atoms. The molecule has 0 aromatic heterocycles. The van der Waals surface area contributed by atoms with Gasteiger partial charge in [0.2, 0.25) is 0 Å². The molecule has 0 aliphatic carbocycles. The molecule has 3 rings (SSSR count). The molecular weight excluding hydrogens is 436 g/mol. The molecule has 0 atom stereocenters. The predicted molar refractivity (Wildman–Crippen MR) is 140 cm³/mol. The number of hydrogen-bond donors (Lipinski definition) is 1. The lowest BCUT2D eigenvalue weighted by Crippen LogP contribution is -2.13. The SMILES string of the molecule is CC=C(N=CCC)c1cccc(NC(=O)c2ccc(SC)cc2-c2cccc(Cl)c2C)c1. The summed E-state index contributed by atoms with van der Waals surface area (Å²) in [4.78, 5) is 18.9. The topological polar surface area (TPSA) is 41.5 Å². The van der Waals surface area contributed by atoms with Crippen molar-refractivity contribution in [1.82, 2.24) is 0 Å². The van der Waals surface area contributed by atoms with Crippen LogP contribution in [0.15, 0.2) is 76.6 Å². The Morgan fingerprint density at radius 1 is 1.09 bits per heavy atom. The van der Waals surface area contributed by atoms with E-state index in [0.717, 1.165) is 45.0 Å². The van der Waals surface area contributed by atoms with Crippen molar-refractivity contribution in [2.45, 2.75) is 32.1 Å². The van der Waals surface area contributed by atoms with Gasteiger partial charge in [0.25, 0.3) is 5.91 Å². The fourth-order valence-electron chi connectivity index (χ4n) is 3.43. The Hall–Kier alpha value is -2.82. The number of benzene rings is 3. The summed E-state index contributed by atoms with van der Waals surface area (Å²) in [5.74, 6) is -0.164. The zero-order valence-electron chi connectivity index (χ0n) is 18.8. The van der Waals surface area contributed by atoms with Crippen molar-refractivity contribution in [1.29, 1.82) is 0 Å². The third-order valence-corrected chi connectivity index (χ3v) is 6.27. The van der Waals surface area contributed by atoms with Gasteiger partial charge in [-0.3, -0.25) is 9.79 Å². The predicted octanol–water partition coefficient (Wildman–Crippen LogP) is 8.13. The average molecular weight is 463 g/mol. The smallest absolute Gasteiger partial charge is 0.256 e. The monoisotopic (exact) mass is 462 g/mol. The molecule has 0 aliphatic heterocycles.